The Morgan fingerprint density at radius 3 is 2.62 bits per heavy atom. The van der Waals surface area contributed by atoms with Gasteiger partial charge in [0.05, 0.1) is 0 Å². The lowest BCUT2D eigenvalue weighted by atomic mass is 10.0. The molecule has 0 fully saturated rings. The zero-order valence-electron chi connectivity index (χ0n) is 12.8. The Labute approximate surface area is 145 Å². The van der Waals surface area contributed by atoms with Crippen molar-refractivity contribution in [1.82, 2.24) is 0 Å². The molecule has 0 aliphatic carbocycles. The maximum Gasteiger partial charge on any atom is 0.266 e. The number of hydrogen-bond donors (Lipinski definition) is 2. The van der Waals surface area contributed by atoms with Gasteiger partial charge in [0.1, 0.15) is 17.4 Å². The highest BCUT2D eigenvalue weighted by Gasteiger charge is 2.10. The number of phenols is 1. The van der Waals surface area contributed by atoms with Gasteiger partial charge in [0.25, 0.3) is 5.91 Å². The second kappa shape index (κ2) is 8.00. The minimum absolute atomic E-state index is 0.0415. The summed E-state index contributed by atoms with van der Waals surface area (Å²) in [5.41, 5.74) is 1.82. The number of aromatic hydroxyl groups is 1. The van der Waals surface area contributed by atoms with Crippen LogP contribution >= 0.6 is 11.6 Å². The maximum absolute atomic E-state index is 12.2. The Morgan fingerprint density at radius 1 is 1.29 bits per heavy atom. The number of allylic oxidation sites excluding steroid dienone is 1. The van der Waals surface area contributed by atoms with Gasteiger partial charge in [0.2, 0.25) is 0 Å². The third-order valence-corrected chi connectivity index (χ3v) is 3.50. The molecule has 120 valence electrons. The molecule has 2 aromatic carbocycles. The van der Waals surface area contributed by atoms with Crippen LogP contribution in [0.25, 0.3) is 6.08 Å². The van der Waals surface area contributed by atoms with Crippen molar-refractivity contribution in [1.29, 1.82) is 5.26 Å². The molecule has 5 heteroatoms. The number of carbonyl (C=O) groups is 1. The number of nitrogens with one attached hydrogen (secondary N) is 1. The summed E-state index contributed by atoms with van der Waals surface area (Å²) in [6.07, 6.45) is 3.63. The molecule has 1 amide bonds. The van der Waals surface area contributed by atoms with Crippen LogP contribution in [0.1, 0.15) is 11.1 Å². The van der Waals surface area contributed by atoms with Crippen molar-refractivity contribution in [3.63, 3.8) is 0 Å². The van der Waals surface area contributed by atoms with E-state index in [2.05, 4.69) is 11.9 Å². The van der Waals surface area contributed by atoms with Gasteiger partial charge in [0.15, 0.2) is 0 Å². The Balaban J connectivity index is 2.23. The molecule has 0 saturated heterocycles. The molecule has 2 aromatic rings. The number of amides is 1. The Kier molecular flexibility index (Phi) is 5.78. The Bertz CT molecular complexity index is 833. The summed E-state index contributed by atoms with van der Waals surface area (Å²) in [5.74, 6) is -0.366. The lowest BCUT2D eigenvalue weighted by Crippen LogP contribution is -2.13. The molecule has 24 heavy (non-hydrogen) atoms. The average molecular weight is 339 g/mol. The zero-order chi connectivity index (χ0) is 17.5. The molecular weight excluding hydrogens is 324 g/mol. The van der Waals surface area contributed by atoms with Gasteiger partial charge >= 0.3 is 0 Å². The largest absolute Gasteiger partial charge is 0.508 e. The average Bonchev–Trinajstić information content (AvgIpc) is 2.57. The predicted octanol–water partition coefficient (Wildman–Crippen LogP) is 4.32. The summed E-state index contributed by atoms with van der Waals surface area (Å²) in [6, 6.07) is 13.4. The summed E-state index contributed by atoms with van der Waals surface area (Å²) >= 11 is 5.79. The molecule has 2 N–H and O–H groups in total. The molecule has 0 saturated carbocycles. The van der Waals surface area contributed by atoms with Gasteiger partial charge in [0, 0.05) is 10.7 Å². The first-order valence-corrected chi connectivity index (χ1v) is 7.53. The Hall–Kier alpha value is -3.03. The number of anilines is 1. The molecule has 0 heterocycles. The number of hydrogen-bond acceptors (Lipinski definition) is 3. The van der Waals surface area contributed by atoms with E-state index in [1.165, 1.54) is 12.1 Å². The highest BCUT2D eigenvalue weighted by atomic mass is 35.5. The van der Waals surface area contributed by atoms with Crippen molar-refractivity contribution in [3.05, 3.63) is 76.8 Å². The minimum atomic E-state index is -0.516. The molecule has 0 spiro atoms. The number of nitrogens with zero attached hydrogens (tertiary/aromatic N) is 1. The molecule has 0 radical (unpaired) electrons. The van der Waals surface area contributed by atoms with E-state index >= 15 is 0 Å². The third-order valence-electron chi connectivity index (χ3n) is 3.25. The van der Waals surface area contributed by atoms with E-state index in [4.69, 9.17) is 11.6 Å². The fraction of sp³-hybridized carbons (Fsp3) is 0.0526. The second-order valence-corrected chi connectivity index (χ2v) is 5.45. The molecule has 0 aromatic heterocycles. The quantitative estimate of drug-likeness (QED) is 0.484. The van der Waals surface area contributed by atoms with Crippen LogP contribution in [0.3, 0.4) is 0 Å². The van der Waals surface area contributed by atoms with E-state index < -0.39 is 5.91 Å². The standard InChI is InChI=1S/C19H15ClN2O2/c1-2-3-14-10-13(4-9-18(14)23)11-15(12-21)19(24)22-17-7-5-16(20)6-8-17/h2,4-11,23H,1,3H2,(H,22,24)/b15-11-. The van der Waals surface area contributed by atoms with Gasteiger partial charge < -0.3 is 10.4 Å². The van der Waals surface area contributed by atoms with Crippen LogP contribution in [0.2, 0.25) is 5.02 Å². The number of nitriles is 1. The summed E-state index contributed by atoms with van der Waals surface area (Å²) in [6.45, 7) is 3.63. The maximum atomic E-state index is 12.2. The molecule has 4 nitrogen and oxygen atoms in total. The van der Waals surface area contributed by atoms with Gasteiger partial charge in [-0.1, -0.05) is 23.7 Å². The fourth-order valence-electron chi connectivity index (χ4n) is 2.06. The van der Waals surface area contributed by atoms with Gasteiger partial charge in [-0.15, -0.1) is 6.58 Å². The SMILES string of the molecule is C=CCc1cc(/C=C(/C#N)C(=O)Nc2ccc(Cl)cc2)ccc1O. The molecule has 0 bridgehead atoms. The predicted molar refractivity (Wildman–Crippen MR) is 95.7 cm³/mol. The molecule has 2 rings (SSSR count). The van der Waals surface area contributed by atoms with E-state index in [9.17, 15) is 15.2 Å². The van der Waals surface area contributed by atoms with E-state index in [1.807, 2.05) is 6.07 Å². The smallest absolute Gasteiger partial charge is 0.266 e. The topological polar surface area (TPSA) is 73.1 Å². The van der Waals surface area contributed by atoms with Crippen LogP contribution in [-0.2, 0) is 11.2 Å². The molecule has 0 aliphatic heterocycles. The van der Waals surface area contributed by atoms with Crippen molar-refractivity contribution in [2.75, 3.05) is 5.32 Å². The normalized spacial score (nSPS) is 10.8. The summed E-state index contributed by atoms with van der Waals surface area (Å²) < 4.78 is 0. The van der Waals surface area contributed by atoms with E-state index in [0.717, 1.165) is 0 Å². The first kappa shape index (κ1) is 17.3. The number of carbonyl (C=O) groups excluding carboxylic acids is 1. The van der Waals surface area contributed by atoms with E-state index in [0.29, 0.717) is 28.3 Å². The first-order valence-electron chi connectivity index (χ1n) is 7.15. The molecule has 0 aliphatic rings. The highest BCUT2D eigenvalue weighted by molar-refractivity contribution is 6.30. The molecule has 0 atom stereocenters. The lowest BCUT2D eigenvalue weighted by Gasteiger charge is -2.06. The van der Waals surface area contributed by atoms with Crippen molar-refractivity contribution >= 4 is 29.3 Å². The van der Waals surface area contributed by atoms with Crippen molar-refractivity contribution in [3.8, 4) is 11.8 Å². The van der Waals surface area contributed by atoms with Crippen LogP contribution in [0.15, 0.2) is 60.7 Å². The molecule has 0 unspecified atom stereocenters. The van der Waals surface area contributed by atoms with Gasteiger partial charge in [-0.25, -0.2) is 0 Å². The van der Waals surface area contributed by atoms with Crippen molar-refractivity contribution < 1.29 is 9.90 Å². The fourth-order valence-corrected chi connectivity index (χ4v) is 2.19. The lowest BCUT2D eigenvalue weighted by molar-refractivity contribution is -0.112. The second-order valence-electron chi connectivity index (χ2n) is 5.01. The monoisotopic (exact) mass is 338 g/mol. The van der Waals surface area contributed by atoms with Gasteiger partial charge in [-0.05, 0) is 60.0 Å². The summed E-state index contributed by atoms with van der Waals surface area (Å²) in [5, 5.41) is 22.2. The minimum Gasteiger partial charge on any atom is -0.508 e. The summed E-state index contributed by atoms with van der Waals surface area (Å²) in [7, 11) is 0. The van der Waals surface area contributed by atoms with Crippen molar-refractivity contribution in [2.45, 2.75) is 6.42 Å². The molecular formula is C19H15ClN2O2. The third kappa shape index (κ3) is 4.48. The number of halogens is 1. The van der Waals surface area contributed by atoms with E-state index in [-0.39, 0.29) is 11.3 Å². The summed E-state index contributed by atoms with van der Waals surface area (Å²) in [4.78, 5) is 12.2. The number of phenolic OH excluding ortho intramolecular Hbond substituents is 1. The van der Waals surface area contributed by atoms with Crippen LogP contribution in [0.4, 0.5) is 5.69 Å². The highest BCUT2D eigenvalue weighted by Crippen LogP contribution is 2.21. The van der Waals surface area contributed by atoms with Crippen LogP contribution in [0, 0.1) is 11.3 Å². The van der Waals surface area contributed by atoms with Crippen molar-refractivity contribution in [2.24, 2.45) is 0 Å². The van der Waals surface area contributed by atoms with E-state index in [1.54, 1.807) is 42.5 Å². The van der Waals surface area contributed by atoms with Crippen LogP contribution < -0.4 is 5.32 Å². The first-order chi connectivity index (χ1) is 11.5. The number of benzene rings is 2. The van der Waals surface area contributed by atoms with Crippen LogP contribution in [0.5, 0.6) is 5.75 Å². The zero-order valence-corrected chi connectivity index (χ0v) is 13.5. The van der Waals surface area contributed by atoms with Gasteiger partial charge in [-0.2, -0.15) is 5.26 Å². The van der Waals surface area contributed by atoms with Gasteiger partial charge in [-0.3, -0.25) is 4.79 Å². The number of rotatable bonds is 5. The Morgan fingerprint density at radius 2 is 2.00 bits per heavy atom. The van der Waals surface area contributed by atoms with Crippen LogP contribution in [-0.4, -0.2) is 11.0 Å².